The molecule has 0 spiro atoms. The molecule has 2 aromatic carbocycles. The van der Waals surface area contributed by atoms with Crippen molar-refractivity contribution in [1.29, 1.82) is 0 Å². The van der Waals surface area contributed by atoms with Gasteiger partial charge in [0.25, 0.3) is 5.91 Å². The quantitative estimate of drug-likeness (QED) is 0.721. The molecule has 3 amide bonds. The number of hydrogen-bond acceptors (Lipinski definition) is 3. The molecule has 0 aliphatic carbocycles. The molecule has 2 N–H and O–H groups in total. The van der Waals surface area contributed by atoms with Crippen LogP contribution in [0.2, 0.25) is 0 Å². The van der Waals surface area contributed by atoms with Gasteiger partial charge in [-0.3, -0.25) is 14.8 Å². The van der Waals surface area contributed by atoms with Crippen molar-refractivity contribution in [1.82, 2.24) is 20.4 Å². The summed E-state index contributed by atoms with van der Waals surface area (Å²) in [6, 6.07) is 16.6. The molecule has 2 heterocycles. The Hall–Kier alpha value is -3.41. The van der Waals surface area contributed by atoms with E-state index in [1.54, 1.807) is 0 Å². The third kappa shape index (κ3) is 3.14. The number of imide groups is 1. The van der Waals surface area contributed by atoms with E-state index >= 15 is 0 Å². The summed E-state index contributed by atoms with van der Waals surface area (Å²) in [5, 5.41) is 9.24. The van der Waals surface area contributed by atoms with Gasteiger partial charge in [0.2, 0.25) is 0 Å². The van der Waals surface area contributed by atoms with E-state index < -0.39 is 12.1 Å². The second kappa shape index (κ2) is 6.24. The zero-order valence-electron chi connectivity index (χ0n) is 13.3. The van der Waals surface area contributed by atoms with Crippen LogP contribution in [0.15, 0.2) is 67.0 Å². The number of benzene rings is 2. The van der Waals surface area contributed by atoms with E-state index in [1.807, 2.05) is 59.5 Å². The van der Waals surface area contributed by atoms with Crippen molar-refractivity contribution in [2.24, 2.45) is 0 Å². The van der Waals surface area contributed by atoms with Crippen molar-refractivity contribution >= 4 is 11.9 Å². The average Bonchev–Trinajstić information content (AvgIpc) is 3.22. The molecule has 6 nitrogen and oxygen atoms in total. The Morgan fingerprint density at radius 3 is 2.40 bits per heavy atom. The molecule has 1 fully saturated rings. The average molecular weight is 332 g/mol. The molecule has 124 valence electrons. The Balaban J connectivity index is 1.51. The Morgan fingerprint density at radius 2 is 1.72 bits per heavy atom. The largest absolute Gasteiger partial charge is 0.322 e. The maximum Gasteiger partial charge on any atom is 0.322 e. The van der Waals surface area contributed by atoms with Crippen molar-refractivity contribution < 1.29 is 9.59 Å². The van der Waals surface area contributed by atoms with Crippen LogP contribution in [0.3, 0.4) is 0 Å². The van der Waals surface area contributed by atoms with Crippen molar-refractivity contribution in [2.45, 2.75) is 12.6 Å². The SMILES string of the molecule is O=C1NC(=O)[C@@H](c2ccc(-c3cnn(Cc4ccccc4)c3)cc2)N1. The van der Waals surface area contributed by atoms with Gasteiger partial charge in [-0.15, -0.1) is 0 Å². The molecule has 0 saturated carbocycles. The number of carbonyl (C=O) groups excluding carboxylic acids is 2. The van der Waals surface area contributed by atoms with Crippen LogP contribution in [0.25, 0.3) is 11.1 Å². The molecule has 1 aliphatic heterocycles. The minimum Gasteiger partial charge on any atom is -0.322 e. The molecule has 0 unspecified atom stereocenters. The van der Waals surface area contributed by atoms with Gasteiger partial charge in [-0.2, -0.15) is 5.10 Å². The van der Waals surface area contributed by atoms with E-state index in [1.165, 1.54) is 5.56 Å². The summed E-state index contributed by atoms with van der Waals surface area (Å²) in [7, 11) is 0. The van der Waals surface area contributed by atoms with E-state index in [4.69, 9.17) is 0 Å². The van der Waals surface area contributed by atoms with Gasteiger partial charge in [0, 0.05) is 11.8 Å². The highest BCUT2D eigenvalue weighted by Gasteiger charge is 2.30. The smallest absolute Gasteiger partial charge is 0.322 e. The van der Waals surface area contributed by atoms with Gasteiger partial charge in [0.15, 0.2) is 0 Å². The lowest BCUT2D eigenvalue weighted by Crippen LogP contribution is -2.22. The maximum atomic E-state index is 11.7. The molecular formula is C19H16N4O2. The first-order valence-electron chi connectivity index (χ1n) is 7.97. The number of hydrogen-bond donors (Lipinski definition) is 2. The molecule has 25 heavy (non-hydrogen) atoms. The van der Waals surface area contributed by atoms with Crippen LogP contribution in [0, 0.1) is 0 Å². The van der Waals surface area contributed by atoms with Gasteiger partial charge in [-0.1, -0.05) is 54.6 Å². The topological polar surface area (TPSA) is 76.0 Å². The number of aromatic nitrogens is 2. The van der Waals surface area contributed by atoms with Gasteiger partial charge >= 0.3 is 6.03 Å². The fraction of sp³-hybridized carbons (Fsp3) is 0.105. The Morgan fingerprint density at radius 1 is 0.960 bits per heavy atom. The summed E-state index contributed by atoms with van der Waals surface area (Å²) >= 11 is 0. The summed E-state index contributed by atoms with van der Waals surface area (Å²) in [6.45, 7) is 0.715. The zero-order chi connectivity index (χ0) is 17.2. The molecule has 0 radical (unpaired) electrons. The van der Waals surface area contributed by atoms with Crippen LogP contribution in [0.1, 0.15) is 17.2 Å². The number of rotatable bonds is 4. The van der Waals surface area contributed by atoms with Crippen LogP contribution in [0.4, 0.5) is 4.79 Å². The minimum atomic E-state index is -0.623. The van der Waals surface area contributed by atoms with E-state index in [2.05, 4.69) is 27.9 Å². The third-order valence-corrected chi connectivity index (χ3v) is 4.17. The molecule has 0 bridgehead atoms. The highest BCUT2D eigenvalue weighted by atomic mass is 16.2. The van der Waals surface area contributed by atoms with E-state index in [-0.39, 0.29) is 5.91 Å². The second-order valence-corrected chi connectivity index (χ2v) is 5.93. The number of amides is 3. The number of urea groups is 1. The lowest BCUT2D eigenvalue weighted by molar-refractivity contribution is -0.120. The zero-order valence-corrected chi connectivity index (χ0v) is 13.3. The van der Waals surface area contributed by atoms with Crippen molar-refractivity contribution in [3.05, 3.63) is 78.1 Å². The highest BCUT2D eigenvalue weighted by Crippen LogP contribution is 2.23. The number of nitrogens with zero attached hydrogens (tertiary/aromatic N) is 2. The summed E-state index contributed by atoms with van der Waals surface area (Å²) in [4.78, 5) is 22.9. The van der Waals surface area contributed by atoms with E-state index in [0.29, 0.717) is 6.54 Å². The Labute approximate surface area is 144 Å². The minimum absolute atomic E-state index is 0.326. The first-order valence-corrected chi connectivity index (χ1v) is 7.97. The predicted octanol–water partition coefficient (Wildman–Crippen LogP) is 2.48. The second-order valence-electron chi connectivity index (χ2n) is 5.93. The van der Waals surface area contributed by atoms with E-state index in [9.17, 15) is 9.59 Å². The fourth-order valence-electron chi connectivity index (χ4n) is 2.89. The molecule has 6 heteroatoms. The van der Waals surface area contributed by atoms with Crippen molar-refractivity contribution in [3.63, 3.8) is 0 Å². The van der Waals surface area contributed by atoms with Crippen molar-refractivity contribution in [3.8, 4) is 11.1 Å². The first-order chi connectivity index (χ1) is 12.2. The highest BCUT2D eigenvalue weighted by molar-refractivity contribution is 6.04. The molecule has 1 aliphatic rings. The van der Waals surface area contributed by atoms with Crippen molar-refractivity contribution in [2.75, 3.05) is 0 Å². The molecule has 4 rings (SSSR count). The fourth-order valence-corrected chi connectivity index (χ4v) is 2.89. The summed E-state index contributed by atoms with van der Waals surface area (Å²) < 4.78 is 1.89. The van der Waals surface area contributed by atoms with Gasteiger partial charge < -0.3 is 5.32 Å². The Kier molecular flexibility index (Phi) is 3.78. The molecule has 1 aromatic heterocycles. The molecular weight excluding hydrogens is 316 g/mol. The molecule has 1 saturated heterocycles. The van der Waals surface area contributed by atoms with Crippen LogP contribution in [-0.2, 0) is 11.3 Å². The lowest BCUT2D eigenvalue weighted by atomic mass is 10.0. The summed E-state index contributed by atoms with van der Waals surface area (Å²) in [5.74, 6) is -0.326. The molecule has 3 aromatic rings. The number of carbonyl (C=O) groups is 2. The predicted molar refractivity (Wildman–Crippen MR) is 92.6 cm³/mol. The summed E-state index contributed by atoms with van der Waals surface area (Å²) in [5.41, 5.74) is 3.95. The third-order valence-electron chi connectivity index (χ3n) is 4.17. The number of nitrogens with one attached hydrogen (secondary N) is 2. The standard InChI is InChI=1S/C19H16N4O2/c24-18-17(21-19(25)22-18)15-8-6-14(7-9-15)16-10-20-23(12-16)11-13-4-2-1-3-5-13/h1-10,12,17H,11H2,(H2,21,22,24,25)/t17-/m1/s1. The van der Waals surface area contributed by atoms with E-state index in [0.717, 1.165) is 16.7 Å². The van der Waals surface area contributed by atoms with Gasteiger partial charge in [0.1, 0.15) is 6.04 Å². The normalized spacial score (nSPS) is 16.6. The van der Waals surface area contributed by atoms with Crippen LogP contribution < -0.4 is 10.6 Å². The maximum absolute atomic E-state index is 11.7. The van der Waals surface area contributed by atoms with Gasteiger partial charge in [0.05, 0.1) is 12.7 Å². The molecule has 1 atom stereocenters. The van der Waals surface area contributed by atoms with Crippen LogP contribution in [-0.4, -0.2) is 21.7 Å². The van der Waals surface area contributed by atoms with Crippen LogP contribution >= 0.6 is 0 Å². The summed E-state index contributed by atoms with van der Waals surface area (Å²) in [6.07, 6.45) is 3.81. The Bertz CT molecular complexity index is 916. The van der Waals surface area contributed by atoms with Gasteiger partial charge in [-0.25, -0.2) is 4.79 Å². The lowest BCUT2D eigenvalue weighted by Gasteiger charge is -2.08. The van der Waals surface area contributed by atoms with Crippen LogP contribution in [0.5, 0.6) is 0 Å². The first kappa shape index (κ1) is 15.1. The monoisotopic (exact) mass is 332 g/mol. The van der Waals surface area contributed by atoms with Gasteiger partial charge in [-0.05, 0) is 16.7 Å².